The molecule has 1 fully saturated rings. The van der Waals surface area contributed by atoms with E-state index in [0.717, 1.165) is 44.0 Å². The zero-order chi connectivity index (χ0) is 22.0. The van der Waals surface area contributed by atoms with E-state index in [1.54, 1.807) is 12.1 Å². The molecular formula is C23H26ClFN6. The number of anilines is 3. The van der Waals surface area contributed by atoms with Gasteiger partial charge in [0.1, 0.15) is 11.6 Å². The van der Waals surface area contributed by atoms with Crippen molar-refractivity contribution < 1.29 is 4.39 Å². The molecular weight excluding hydrogens is 415 g/mol. The molecule has 2 heterocycles. The van der Waals surface area contributed by atoms with Crippen LogP contribution >= 0.6 is 11.6 Å². The Balaban J connectivity index is 1.50. The lowest BCUT2D eigenvalue weighted by Gasteiger charge is -2.32. The largest absolute Gasteiger partial charge is 0.383 e. The van der Waals surface area contributed by atoms with E-state index >= 15 is 0 Å². The molecule has 162 valence electrons. The monoisotopic (exact) mass is 440 g/mol. The van der Waals surface area contributed by atoms with Crippen LogP contribution < -0.4 is 11.1 Å². The maximum Gasteiger partial charge on any atom is 0.229 e. The Bertz CT molecular complexity index is 1060. The van der Waals surface area contributed by atoms with Crippen molar-refractivity contribution >= 4 is 29.1 Å². The van der Waals surface area contributed by atoms with Crippen LogP contribution in [0.4, 0.5) is 21.8 Å². The fourth-order valence-electron chi connectivity index (χ4n) is 3.60. The Morgan fingerprint density at radius 2 is 1.77 bits per heavy atom. The van der Waals surface area contributed by atoms with Crippen LogP contribution in [0.25, 0.3) is 11.3 Å². The Kier molecular flexibility index (Phi) is 6.36. The van der Waals surface area contributed by atoms with Gasteiger partial charge in [0, 0.05) is 49.5 Å². The third kappa shape index (κ3) is 5.12. The van der Waals surface area contributed by atoms with Gasteiger partial charge in [-0.05, 0) is 49.9 Å². The van der Waals surface area contributed by atoms with Crippen LogP contribution in [0.1, 0.15) is 11.1 Å². The maximum absolute atomic E-state index is 13.6. The predicted molar refractivity (Wildman–Crippen MR) is 124 cm³/mol. The number of hydrogen-bond donors (Lipinski definition) is 2. The van der Waals surface area contributed by atoms with E-state index in [9.17, 15) is 4.39 Å². The van der Waals surface area contributed by atoms with Crippen LogP contribution in [0.2, 0.25) is 5.02 Å². The number of rotatable bonds is 5. The third-order valence-electron chi connectivity index (χ3n) is 5.59. The second-order valence-corrected chi connectivity index (χ2v) is 8.34. The molecule has 1 aromatic heterocycles. The number of nitrogen functional groups attached to an aromatic ring is 1. The summed E-state index contributed by atoms with van der Waals surface area (Å²) in [5, 5.41) is 3.26. The zero-order valence-corrected chi connectivity index (χ0v) is 18.5. The van der Waals surface area contributed by atoms with Crippen LogP contribution in [0, 0.1) is 12.7 Å². The Hall–Kier alpha value is -2.74. The van der Waals surface area contributed by atoms with E-state index < -0.39 is 5.82 Å². The molecule has 1 aliphatic heterocycles. The SMILES string of the molecule is Cc1c(N)nc(Nc2ccc(CN3CCN(C)CC3)cc2)nc1-c1ccc(F)c(Cl)c1. The number of aromatic nitrogens is 2. The first-order chi connectivity index (χ1) is 14.9. The highest BCUT2D eigenvalue weighted by atomic mass is 35.5. The van der Waals surface area contributed by atoms with Gasteiger partial charge in [0.15, 0.2) is 0 Å². The minimum atomic E-state index is -0.472. The highest BCUT2D eigenvalue weighted by Crippen LogP contribution is 2.29. The van der Waals surface area contributed by atoms with Gasteiger partial charge in [-0.15, -0.1) is 0 Å². The smallest absolute Gasteiger partial charge is 0.229 e. The summed E-state index contributed by atoms with van der Waals surface area (Å²) in [7, 11) is 2.16. The minimum absolute atomic E-state index is 0.0412. The molecule has 1 aliphatic rings. The molecule has 3 aromatic rings. The molecule has 0 aliphatic carbocycles. The predicted octanol–water partition coefficient (Wildman–Crippen LogP) is 4.32. The van der Waals surface area contributed by atoms with Gasteiger partial charge >= 0.3 is 0 Å². The van der Waals surface area contributed by atoms with E-state index in [-0.39, 0.29) is 5.02 Å². The van der Waals surface area contributed by atoms with E-state index in [0.29, 0.717) is 23.0 Å². The lowest BCUT2D eigenvalue weighted by Crippen LogP contribution is -2.43. The Morgan fingerprint density at radius 1 is 1.06 bits per heavy atom. The molecule has 1 saturated heterocycles. The maximum atomic E-state index is 13.6. The van der Waals surface area contributed by atoms with E-state index in [1.165, 1.54) is 11.6 Å². The molecule has 0 radical (unpaired) electrons. The summed E-state index contributed by atoms with van der Waals surface area (Å²) in [6.45, 7) is 7.16. The average molecular weight is 441 g/mol. The quantitative estimate of drug-likeness (QED) is 0.615. The Morgan fingerprint density at radius 3 is 2.45 bits per heavy atom. The summed E-state index contributed by atoms with van der Waals surface area (Å²) < 4.78 is 13.6. The Labute approximate surface area is 186 Å². The summed E-state index contributed by atoms with van der Waals surface area (Å²) in [6.07, 6.45) is 0. The van der Waals surface area contributed by atoms with E-state index in [2.05, 4.69) is 44.3 Å². The average Bonchev–Trinajstić information content (AvgIpc) is 2.75. The first-order valence-corrected chi connectivity index (χ1v) is 10.6. The molecule has 6 nitrogen and oxygen atoms in total. The standard InChI is InChI=1S/C23H26ClFN6/c1-15-21(17-5-8-20(25)19(24)13-17)28-23(29-22(15)26)27-18-6-3-16(4-7-18)14-31-11-9-30(2)10-12-31/h3-8,13H,9-12,14H2,1-2H3,(H3,26,27,28,29). The molecule has 2 aromatic carbocycles. The number of benzene rings is 2. The van der Waals surface area contributed by atoms with Crippen LogP contribution in [-0.4, -0.2) is 53.0 Å². The van der Waals surface area contributed by atoms with Gasteiger partial charge in [-0.3, -0.25) is 4.90 Å². The van der Waals surface area contributed by atoms with Gasteiger partial charge in [-0.2, -0.15) is 4.98 Å². The first kappa shape index (κ1) is 21.5. The minimum Gasteiger partial charge on any atom is -0.383 e. The summed E-state index contributed by atoms with van der Waals surface area (Å²) in [4.78, 5) is 13.8. The van der Waals surface area contributed by atoms with Gasteiger partial charge in [-0.1, -0.05) is 23.7 Å². The van der Waals surface area contributed by atoms with Crippen LogP contribution in [0.3, 0.4) is 0 Å². The molecule has 0 saturated carbocycles. The molecule has 0 bridgehead atoms. The molecule has 4 rings (SSSR count). The number of piperazine rings is 1. The lowest BCUT2D eigenvalue weighted by molar-refractivity contribution is 0.148. The fourth-order valence-corrected chi connectivity index (χ4v) is 3.78. The zero-order valence-electron chi connectivity index (χ0n) is 17.7. The van der Waals surface area contributed by atoms with Crippen molar-refractivity contribution in [3.63, 3.8) is 0 Å². The van der Waals surface area contributed by atoms with Crippen molar-refractivity contribution in [3.05, 3.63) is 64.4 Å². The fraction of sp³-hybridized carbons (Fsp3) is 0.304. The number of hydrogen-bond acceptors (Lipinski definition) is 6. The lowest BCUT2D eigenvalue weighted by atomic mass is 10.1. The third-order valence-corrected chi connectivity index (χ3v) is 5.88. The van der Waals surface area contributed by atoms with Gasteiger partial charge in [0.25, 0.3) is 0 Å². The van der Waals surface area contributed by atoms with E-state index in [1.807, 2.05) is 19.1 Å². The van der Waals surface area contributed by atoms with Crippen molar-refractivity contribution in [3.8, 4) is 11.3 Å². The second-order valence-electron chi connectivity index (χ2n) is 7.94. The summed E-state index contributed by atoms with van der Waals surface area (Å²) in [5.41, 5.74) is 10.3. The van der Waals surface area contributed by atoms with Crippen molar-refractivity contribution in [2.45, 2.75) is 13.5 Å². The van der Waals surface area contributed by atoms with Gasteiger partial charge in [0.2, 0.25) is 5.95 Å². The highest BCUT2D eigenvalue weighted by molar-refractivity contribution is 6.31. The molecule has 8 heteroatoms. The number of nitrogens with two attached hydrogens (primary N) is 1. The van der Waals surface area contributed by atoms with Gasteiger partial charge in [-0.25, -0.2) is 9.37 Å². The van der Waals surface area contributed by atoms with Crippen LogP contribution in [0.15, 0.2) is 42.5 Å². The van der Waals surface area contributed by atoms with Crippen LogP contribution in [0.5, 0.6) is 0 Å². The normalized spacial score (nSPS) is 15.2. The highest BCUT2D eigenvalue weighted by Gasteiger charge is 2.15. The van der Waals surface area contributed by atoms with Crippen molar-refractivity contribution in [1.29, 1.82) is 0 Å². The summed E-state index contributed by atoms with van der Waals surface area (Å²) in [6, 6.07) is 12.7. The molecule has 0 atom stereocenters. The summed E-state index contributed by atoms with van der Waals surface area (Å²) in [5.74, 6) is 0.269. The van der Waals surface area contributed by atoms with Gasteiger partial charge < -0.3 is 16.0 Å². The molecule has 31 heavy (non-hydrogen) atoms. The van der Waals surface area contributed by atoms with Crippen molar-refractivity contribution in [2.75, 3.05) is 44.3 Å². The number of likely N-dealkylation sites (N-methyl/N-ethyl adjacent to an activating group) is 1. The number of nitrogens with one attached hydrogen (secondary N) is 1. The van der Waals surface area contributed by atoms with Crippen molar-refractivity contribution in [2.24, 2.45) is 0 Å². The number of nitrogens with zero attached hydrogens (tertiary/aromatic N) is 4. The summed E-state index contributed by atoms with van der Waals surface area (Å²) >= 11 is 5.95. The topological polar surface area (TPSA) is 70.3 Å². The molecule has 3 N–H and O–H groups in total. The number of halogens is 2. The van der Waals surface area contributed by atoms with E-state index in [4.69, 9.17) is 17.3 Å². The molecule has 0 spiro atoms. The second kappa shape index (κ2) is 9.18. The first-order valence-electron chi connectivity index (χ1n) is 10.3. The van der Waals surface area contributed by atoms with Crippen LogP contribution in [-0.2, 0) is 6.54 Å². The molecule has 0 amide bonds. The van der Waals surface area contributed by atoms with Crippen molar-refractivity contribution in [1.82, 2.24) is 19.8 Å². The molecule has 0 unspecified atom stereocenters. The van der Waals surface area contributed by atoms with Gasteiger partial charge in [0.05, 0.1) is 10.7 Å².